The Labute approximate surface area is 86.5 Å². The lowest BCUT2D eigenvalue weighted by Crippen LogP contribution is -2.21. The second-order valence-corrected chi connectivity index (χ2v) is 2.65. The van der Waals surface area contributed by atoms with Gasteiger partial charge in [-0.3, -0.25) is 0 Å². The Morgan fingerprint density at radius 2 is 2.20 bits per heavy atom. The number of hydrogen-bond acceptors (Lipinski definition) is 2. The Balaban J connectivity index is 2.99. The Bertz CT molecular complexity index is 453. The van der Waals surface area contributed by atoms with Crippen molar-refractivity contribution in [2.75, 3.05) is 0 Å². The average molecular weight is 204 g/mol. The molecule has 4 nitrogen and oxygen atoms in total. The summed E-state index contributed by atoms with van der Waals surface area (Å²) in [5.41, 5.74) is 10.9. The molecule has 0 saturated carbocycles. The van der Waals surface area contributed by atoms with Gasteiger partial charge in [-0.15, -0.1) is 11.5 Å². The molecular formula is C10H9FN4. The molecule has 0 fully saturated rings. The molecule has 76 valence electrons. The minimum Gasteiger partial charge on any atom is -0.369 e. The highest BCUT2D eigenvalue weighted by Crippen LogP contribution is 2.07. The molecule has 1 aromatic carbocycles. The van der Waals surface area contributed by atoms with Crippen molar-refractivity contribution in [1.82, 2.24) is 0 Å². The van der Waals surface area contributed by atoms with E-state index in [4.69, 9.17) is 17.9 Å². The summed E-state index contributed by atoms with van der Waals surface area (Å²) >= 11 is 0. The van der Waals surface area contributed by atoms with E-state index in [0.29, 0.717) is 5.56 Å². The first-order chi connectivity index (χ1) is 7.13. The zero-order valence-electron chi connectivity index (χ0n) is 7.81. The predicted molar refractivity (Wildman–Crippen MR) is 57.7 cm³/mol. The van der Waals surface area contributed by atoms with Crippen LogP contribution in [0.3, 0.4) is 0 Å². The molecular weight excluding hydrogens is 195 g/mol. The normalized spacial score (nSPS) is 9.87. The van der Waals surface area contributed by atoms with Gasteiger partial charge in [-0.2, -0.15) is 5.10 Å². The fourth-order valence-electron chi connectivity index (χ4n) is 0.890. The minimum absolute atomic E-state index is 0.195. The lowest BCUT2D eigenvalue weighted by atomic mass is 10.1. The first-order valence-corrected chi connectivity index (χ1v) is 4.01. The molecule has 0 unspecified atom stereocenters. The second kappa shape index (κ2) is 4.77. The molecule has 0 aliphatic heterocycles. The molecule has 0 amide bonds. The van der Waals surface area contributed by atoms with E-state index in [1.54, 1.807) is 0 Å². The zero-order valence-corrected chi connectivity index (χ0v) is 7.81. The van der Waals surface area contributed by atoms with E-state index >= 15 is 0 Å². The third-order valence-corrected chi connectivity index (χ3v) is 1.53. The molecule has 0 atom stereocenters. The molecule has 0 saturated heterocycles. The smallest absolute Gasteiger partial charge is 0.211 e. The van der Waals surface area contributed by atoms with Gasteiger partial charge in [0.1, 0.15) is 5.82 Å². The lowest BCUT2D eigenvalue weighted by molar-refractivity contribution is 0.625. The standard InChI is InChI=1S/C10H9FN4/c1-2-7-3-4-9(11)8(5-7)6-14-15-10(12)13/h1,3-6H,(H4,12,13,15). The summed E-state index contributed by atoms with van der Waals surface area (Å²) in [5.74, 6) is 1.74. The van der Waals surface area contributed by atoms with Gasteiger partial charge < -0.3 is 11.5 Å². The summed E-state index contributed by atoms with van der Waals surface area (Å²) in [6.45, 7) is 0. The Kier molecular flexibility index (Phi) is 3.41. The van der Waals surface area contributed by atoms with Crippen LogP contribution in [0.5, 0.6) is 0 Å². The van der Waals surface area contributed by atoms with Gasteiger partial charge in [0.25, 0.3) is 0 Å². The van der Waals surface area contributed by atoms with Gasteiger partial charge in [0, 0.05) is 11.1 Å². The van der Waals surface area contributed by atoms with E-state index in [-0.39, 0.29) is 11.5 Å². The number of benzene rings is 1. The maximum atomic E-state index is 13.2. The van der Waals surface area contributed by atoms with Gasteiger partial charge in [0.15, 0.2) is 0 Å². The molecule has 1 aromatic rings. The SMILES string of the molecule is C#Cc1ccc(F)c(C=NN=C(N)N)c1. The summed E-state index contributed by atoms with van der Waals surface area (Å²) in [6.07, 6.45) is 6.35. The van der Waals surface area contributed by atoms with E-state index in [9.17, 15) is 4.39 Å². The second-order valence-electron chi connectivity index (χ2n) is 2.65. The first kappa shape index (κ1) is 10.7. The number of halogens is 1. The quantitative estimate of drug-likeness (QED) is 0.317. The van der Waals surface area contributed by atoms with Gasteiger partial charge in [0.05, 0.1) is 6.21 Å². The molecule has 0 aliphatic carbocycles. The van der Waals surface area contributed by atoms with Crippen molar-refractivity contribution < 1.29 is 4.39 Å². The van der Waals surface area contributed by atoms with E-state index in [1.807, 2.05) is 0 Å². The maximum absolute atomic E-state index is 13.2. The fourth-order valence-corrected chi connectivity index (χ4v) is 0.890. The summed E-state index contributed by atoms with van der Waals surface area (Å²) in [7, 11) is 0. The predicted octanol–water partition coefficient (Wildman–Crippen LogP) is 0.414. The van der Waals surface area contributed by atoms with Gasteiger partial charge in [-0.25, -0.2) is 4.39 Å². The number of hydrogen-bond donors (Lipinski definition) is 2. The van der Waals surface area contributed by atoms with Crippen LogP contribution in [0.4, 0.5) is 4.39 Å². The van der Waals surface area contributed by atoms with Crippen molar-refractivity contribution in [3.63, 3.8) is 0 Å². The number of guanidine groups is 1. The van der Waals surface area contributed by atoms with Crippen LogP contribution < -0.4 is 11.5 Å². The van der Waals surface area contributed by atoms with Gasteiger partial charge in [-0.05, 0) is 18.2 Å². The summed E-state index contributed by atoms with van der Waals surface area (Å²) in [4.78, 5) is 0. The molecule has 0 aliphatic rings. The van der Waals surface area contributed by atoms with E-state index in [0.717, 1.165) is 0 Å². The third kappa shape index (κ3) is 3.12. The van der Waals surface area contributed by atoms with E-state index in [2.05, 4.69) is 16.1 Å². The topological polar surface area (TPSA) is 76.8 Å². The number of terminal acetylenes is 1. The van der Waals surface area contributed by atoms with Crippen molar-refractivity contribution in [2.45, 2.75) is 0 Å². The summed E-state index contributed by atoms with van der Waals surface area (Å²) in [6, 6.07) is 4.22. The van der Waals surface area contributed by atoms with Crippen LogP contribution in [-0.4, -0.2) is 12.2 Å². The highest BCUT2D eigenvalue weighted by Gasteiger charge is 1.99. The fraction of sp³-hybridized carbons (Fsp3) is 0. The molecule has 4 N–H and O–H groups in total. The molecule has 0 heterocycles. The molecule has 0 aromatic heterocycles. The largest absolute Gasteiger partial charge is 0.369 e. The van der Waals surface area contributed by atoms with E-state index < -0.39 is 5.82 Å². The van der Waals surface area contributed by atoms with Gasteiger partial charge in [-0.1, -0.05) is 5.92 Å². The Hall–Kier alpha value is -2.35. The zero-order chi connectivity index (χ0) is 11.3. The van der Waals surface area contributed by atoms with Crippen LogP contribution in [0.2, 0.25) is 0 Å². The third-order valence-electron chi connectivity index (χ3n) is 1.53. The van der Waals surface area contributed by atoms with Crippen LogP contribution in [0.1, 0.15) is 11.1 Å². The first-order valence-electron chi connectivity index (χ1n) is 4.01. The molecule has 1 rings (SSSR count). The Morgan fingerprint density at radius 1 is 1.47 bits per heavy atom. The van der Waals surface area contributed by atoms with Crippen molar-refractivity contribution in [2.24, 2.45) is 21.7 Å². The van der Waals surface area contributed by atoms with Crippen molar-refractivity contribution >= 4 is 12.2 Å². The van der Waals surface area contributed by atoms with Crippen molar-refractivity contribution in [3.05, 3.63) is 35.1 Å². The van der Waals surface area contributed by atoms with Crippen LogP contribution in [0, 0.1) is 18.2 Å². The molecule has 0 spiro atoms. The van der Waals surface area contributed by atoms with Gasteiger partial charge in [0.2, 0.25) is 5.96 Å². The number of rotatable bonds is 2. The van der Waals surface area contributed by atoms with Crippen molar-refractivity contribution in [3.8, 4) is 12.3 Å². The van der Waals surface area contributed by atoms with Crippen LogP contribution in [0.25, 0.3) is 0 Å². The van der Waals surface area contributed by atoms with Crippen LogP contribution in [-0.2, 0) is 0 Å². The average Bonchev–Trinajstić information content (AvgIpc) is 2.20. The molecule has 0 bridgehead atoms. The number of nitrogens with zero attached hydrogens (tertiary/aromatic N) is 2. The molecule has 5 heteroatoms. The molecule has 0 radical (unpaired) electrons. The van der Waals surface area contributed by atoms with E-state index in [1.165, 1.54) is 24.4 Å². The van der Waals surface area contributed by atoms with Crippen LogP contribution >= 0.6 is 0 Å². The Morgan fingerprint density at radius 3 is 2.80 bits per heavy atom. The van der Waals surface area contributed by atoms with Crippen LogP contribution in [0.15, 0.2) is 28.4 Å². The highest BCUT2D eigenvalue weighted by molar-refractivity contribution is 5.82. The summed E-state index contributed by atoms with van der Waals surface area (Å²) in [5, 5.41) is 6.82. The van der Waals surface area contributed by atoms with Crippen molar-refractivity contribution in [1.29, 1.82) is 0 Å². The number of nitrogens with two attached hydrogens (primary N) is 2. The summed E-state index contributed by atoms with van der Waals surface area (Å²) < 4.78 is 13.2. The highest BCUT2D eigenvalue weighted by atomic mass is 19.1. The van der Waals surface area contributed by atoms with Gasteiger partial charge >= 0.3 is 0 Å². The maximum Gasteiger partial charge on any atom is 0.211 e. The molecule has 15 heavy (non-hydrogen) atoms. The minimum atomic E-state index is -0.441. The monoisotopic (exact) mass is 204 g/mol. The lowest BCUT2D eigenvalue weighted by Gasteiger charge is -1.96.